The minimum absolute atomic E-state index is 0.0297. The third-order valence-corrected chi connectivity index (χ3v) is 9.53. The summed E-state index contributed by atoms with van der Waals surface area (Å²) in [4.78, 5) is 21.7. The van der Waals surface area contributed by atoms with Crippen LogP contribution in [-0.4, -0.2) is 48.0 Å². The van der Waals surface area contributed by atoms with Crippen molar-refractivity contribution >= 4 is 5.91 Å². The van der Waals surface area contributed by atoms with E-state index in [1.807, 2.05) is 0 Å². The molecule has 1 aliphatic carbocycles. The zero-order valence-corrected chi connectivity index (χ0v) is 21.1. The number of aromatic nitrogens is 1. The van der Waals surface area contributed by atoms with Gasteiger partial charge in [-0.15, -0.1) is 0 Å². The number of nitrogens with one attached hydrogen (secondary N) is 2. The second kappa shape index (κ2) is 9.67. The van der Waals surface area contributed by atoms with Gasteiger partial charge in [-0.2, -0.15) is 0 Å². The molecule has 1 aromatic heterocycles. The Kier molecular flexibility index (Phi) is 6.40. The highest BCUT2D eigenvalue weighted by Crippen LogP contribution is 2.44. The van der Waals surface area contributed by atoms with Crippen LogP contribution in [0.1, 0.15) is 73.4 Å². The van der Waals surface area contributed by atoms with Gasteiger partial charge in [-0.05, 0) is 61.6 Å². The van der Waals surface area contributed by atoms with Crippen LogP contribution in [0.25, 0.3) is 0 Å². The number of fused-ring (bicyclic) bond motifs is 2. The number of piperidine rings is 1. The summed E-state index contributed by atoms with van der Waals surface area (Å²) in [6.45, 7) is 6.21. The van der Waals surface area contributed by atoms with Crippen molar-refractivity contribution in [1.82, 2.24) is 20.5 Å². The molecular weight excluding hydrogens is 432 g/mol. The van der Waals surface area contributed by atoms with Crippen LogP contribution in [0.15, 0.2) is 42.5 Å². The summed E-state index contributed by atoms with van der Waals surface area (Å²) in [7, 11) is 0. The lowest BCUT2D eigenvalue weighted by Gasteiger charge is -2.48. The number of carbonyl (C=O) groups excluding carboxylic acids is 1. The lowest BCUT2D eigenvalue weighted by Crippen LogP contribution is -2.57. The Morgan fingerprint density at radius 1 is 1.00 bits per heavy atom. The fourth-order valence-corrected chi connectivity index (χ4v) is 7.71. The first-order valence-corrected chi connectivity index (χ1v) is 13.9. The molecule has 1 unspecified atom stereocenters. The maximum atomic E-state index is 14.5. The van der Waals surface area contributed by atoms with Gasteiger partial charge >= 0.3 is 0 Å². The van der Waals surface area contributed by atoms with E-state index in [4.69, 9.17) is 4.98 Å². The van der Waals surface area contributed by atoms with Crippen molar-refractivity contribution in [3.8, 4) is 0 Å². The Labute approximate surface area is 210 Å². The molecule has 4 aliphatic rings. The quantitative estimate of drug-likeness (QED) is 0.699. The van der Waals surface area contributed by atoms with E-state index in [-0.39, 0.29) is 11.3 Å². The molecule has 5 heteroatoms. The summed E-state index contributed by atoms with van der Waals surface area (Å²) >= 11 is 0. The monoisotopic (exact) mass is 472 g/mol. The fourth-order valence-electron chi connectivity index (χ4n) is 7.71. The van der Waals surface area contributed by atoms with Gasteiger partial charge in [0.1, 0.15) is 0 Å². The van der Waals surface area contributed by atoms with E-state index >= 15 is 0 Å². The van der Waals surface area contributed by atoms with Crippen LogP contribution in [-0.2, 0) is 16.8 Å². The summed E-state index contributed by atoms with van der Waals surface area (Å²) in [5.74, 6) is 1.56. The highest BCUT2D eigenvalue weighted by Gasteiger charge is 2.53. The number of hydrogen-bond acceptors (Lipinski definition) is 4. The van der Waals surface area contributed by atoms with Crippen molar-refractivity contribution in [2.75, 3.05) is 26.2 Å². The molecular formula is C30H40N4O. The van der Waals surface area contributed by atoms with Crippen LogP contribution in [0.5, 0.6) is 0 Å². The largest absolute Gasteiger partial charge is 0.339 e. The van der Waals surface area contributed by atoms with Gasteiger partial charge in [0.25, 0.3) is 0 Å². The molecule has 1 saturated carbocycles. The maximum absolute atomic E-state index is 14.5. The van der Waals surface area contributed by atoms with Gasteiger partial charge in [-0.25, -0.2) is 0 Å². The summed E-state index contributed by atoms with van der Waals surface area (Å²) in [6.07, 6.45) is 8.72. The second-order valence-corrected chi connectivity index (χ2v) is 11.5. The predicted octanol–water partition coefficient (Wildman–Crippen LogP) is 4.31. The molecule has 5 nitrogen and oxygen atoms in total. The second-order valence-electron chi connectivity index (χ2n) is 11.5. The SMILES string of the molecule is Cc1ccc2c(n1)CNC[C@]21CNCC1C(=O)N1CC[C@@H](c2ccccc2)C[C@H]1C1CCCCC1. The Morgan fingerprint density at radius 2 is 1.80 bits per heavy atom. The topological polar surface area (TPSA) is 57.3 Å². The van der Waals surface area contributed by atoms with Gasteiger partial charge in [0.2, 0.25) is 5.91 Å². The van der Waals surface area contributed by atoms with E-state index in [9.17, 15) is 4.79 Å². The van der Waals surface area contributed by atoms with Crippen molar-refractivity contribution in [2.24, 2.45) is 11.8 Å². The van der Waals surface area contributed by atoms with Crippen LogP contribution in [0, 0.1) is 18.8 Å². The average Bonchev–Trinajstić information content (AvgIpc) is 3.32. The highest BCUT2D eigenvalue weighted by molar-refractivity contribution is 5.82. The third-order valence-electron chi connectivity index (χ3n) is 9.53. The zero-order valence-electron chi connectivity index (χ0n) is 21.1. The number of amides is 1. The summed E-state index contributed by atoms with van der Waals surface area (Å²) < 4.78 is 0. The van der Waals surface area contributed by atoms with Crippen molar-refractivity contribution in [2.45, 2.75) is 75.8 Å². The molecule has 1 aromatic carbocycles. The fraction of sp³-hybridized carbons (Fsp3) is 0.600. The number of benzene rings is 1. The van der Waals surface area contributed by atoms with Crippen molar-refractivity contribution in [3.63, 3.8) is 0 Å². The number of aryl methyl sites for hydroxylation is 1. The van der Waals surface area contributed by atoms with Crippen LogP contribution in [0.4, 0.5) is 0 Å². The van der Waals surface area contributed by atoms with E-state index in [0.29, 0.717) is 23.8 Å². The molecule has 6 rings (SSSR count). The number of pyridine rings is 1. The number of likely N-dealkylation sites (tertiary alicyclic amines) is 1. The average molecular weight is 473 g/mol. The number of rotatable bonds is 3. The van der Waals surface area contributed by atoms with Gasteiger partial charge in [0.15, 0.2) is 0 Å². The summed E-state index contributed by atoms with van der Waals surface area (Å²) in [5, 5.41) is 7.24. The predicted molar refractivity (Wildman–Crippen MR) is 139 cm³/mol. The van der Waals surface area contributed by atoms with E-state index in [1.165, 1.54) is 43.2 Å². The molecule has 4 heterocycles. The van der Waals surface area contributed by atoms with Crippen LogP contribution in [0.3, 0.4) is 0 Å². The van der Waals surface area contributed by atoms with Crippen molar-refractivity contribution in [1.29, 1.82) is 0 Å². The van der Waals surface area contributed by atoms with Gasteiger partial charge in [-0.1, -0.05) is 55.7 Å². The zero-order chi connectivity index (χ0) is 23.8. The molecule has 3 fully saturated rings. The lowest BCUT2D eigenvalue weighted by atomic mass is 9.68. The van der Waals surface area contributed by atoms with E-state index in [1.54, 1.807) is 0 Å². The molecule has 2 saturated heterocycles. The Balaban J connectivity index is 1.30. The first kappa shape index (κ1) is 23.2. The smallest absolute Gasteiger partial charge is 0.228 e. The maximum Gasteiger partial charge on any atom is 0.228 e. The first-order chi connectivity index (χ1) is 17.2. The number of nitrogens with zero attached hydrogens (tertiary/aromatic N) is 2. The molecule has 0 radical (unpaired) electrons. The van der Waals surface area contributed by atoms with Gasteiger partial charge in [0, 0.05) is 49.9 Å². The van der Waals surface area contributed by atoms with Gasteiger partial charge < -0.3 is 15.5 Å². The minimum atomic E-state index is -0.196. The molecule has 2 N–H and O–H groups in total. The van der Waals surface area contributed by atoms with Crippen molar-refractivity contribution in [3.05, 3.63) is 65.0 Å². The van der Waals surface area contributed by atoms with Crippen LogP contribution < -0.4 is 10.6 Å². The van der Waals surface area contributed by atoms with Crippen LogP contribution in [0.2, 0.25) is 0 Å². The lowest BCUT2D eigenvalue weighted by molar-refractivity contribution is -0.142. The summed E-state index contributed by atoms with van der Waals surface area (Å²) in [5.41, 5.74) is 4.73. The molecule has 2 aromatic rings. The number of carbonyl (C=O) groups is 1. The van der Waals surface area contributed by atoms with Crippen molar-refractivity contribution < 1.29 is 4.79 Å². The van der Waals surface area contributed by atoms with E-state index < -0.39 is 0 Å². The molecule has 1 amide bonds. The normalized spacial score (nSPS) is 31.5. The Hall–Kier alpha value is -2.24. The molecule has 0 bridgehead atoms. The van der Waals surface area contributed by atoms with Gasteiger partial charge in [0.05, 0.1) is 11.6 Å². The van der Waals surface area contributed by atoms with Crippen LogP contribution >= 0.6 is 0 Å². The molecule has 3 aliphatic heterocycles. The third kappa shape index (κ3) is 4.21. The first-order valence-electron chi connectivity index (χ1n) is 13.9. The molecule has 35 heavy (non-hydrogen) atoms. The van der Waals surface area contributed by atoms with E-state index in [2.05, 4.69) is 64.9 Å². The standard InChI is InChI=1S/C30H40N4O/c1-21-12-13-25-27(33-21)18-32-20-30(25)19-31-17-26(30)29(35)34-15-14-24(22-8-4-2-5-9-22)16-28(34)23-10-6-3-7-11-23/h2,4-5,8-9,12-13,23-24,26,28,31-32H,3,6-7,10-11,14-20H2,1H3/t24-,26?,28+,30-/m1/s1. The number of hydrogen-bond donors (Lipinski definition) is 2. The molecule has 1 spiro atoms. The summed E-state index contributed by atoms with van der Waals surface area (Å²) in [6, 6.07) is 15.8. The minimum Gasteiger partial charge on any atom is -0.339 e. The van der Waals surface area contributed by atoms with Gasteiger partial charge in [-0.3, -0.25) is 9.78 Å². The van der Waals surface area contributed by atoms with E-state index in [0.717, 1.165) is 57.0 Å². The Morgan fingerprint density at radius 3 is 2.63 bits per heavy atom. The molecule has 186 valence electrons. The molecule has 4 atom stereocenters. The Bertz CT molecular complexity index is 1050. The highest BCUT2D eigenvalue weighted by atomic mass is 16.2.